The number of aliphatic hydroxyl groups is 1. The van der Waals surface area contributed by atoms with E-state index in [0.29, 0.717) is 6.42 Å². The molecular formula is C13H25KO3. The molecule has 1 atom stereocenters. The van der Waals surface area contributed by atoms with Crippen LogP contribution >= 0.6 is 0 Å². The van der Waals surface area contributed by atoms with E-state index in [1.54, 1.807) is 0 Å². The van der Waals surface area contributed by atoms with Gasteiger partial charge in [-0.25, -0.2) is 0 Å². The summed E-state index contributed by atoms with van der Waals surface area (Å²) in [5.41, 5.74) is 0. The van der Waals surface area contributed by atoms with Crippen molar-refractivity contribution in [3.8, 4) is 0 Å². The molecule has 0 bridgehead atoms. The maximum Gasteiger partial charge on any atom is 1.00 e. The van der Waals surface area contributed by atoms with Gasteiger partial charge in [0.1, 0.15) is 0 Å². The first kappa shape index (κ1) is 20.4. The Morgan fingerprint density at radius 1 is 1.06 bits per heavy atom. The Kier molecular flexibility index (Phi) is 18.1. The molecule has 0 saturated heterocycles. The summed E-state index contributed by atoms with van der Waals surface area (Å²) < 4.78 is 0. The van der Waals surface area contributed by atoms with Gasteiger partial charge < -0.3 is 15.0 Å². The summed E-state index contributed by atoms with van der Waals surface area (Å²) in [6, 6.07) is 0. The van der Waals surface area contributed by atoms with Gasteiger partial charge in [-0.3, -0.25) is 0 Å². The molecule has 0 fully saturated rings. The Labute approximate surface area is 148 Å². The van der Waals surface area contributed by atoms with E-state index in [4.69, 9.17) is 0 Å². The fourth-order valence-electron chi connectivity index (χ4n) is 1.77. The first-order valence-corrected chi connectivity index (χ1v) is 6.54. The van der Waals surface area contributed by atoms with Crippen LogP contribution in [0, 0.1) is 0 Å². The molecule has 0 saturated carbocycles. The van der Waals surface area contributed by atoms with Crippen molar-refractivity contribution < 1.29 is 66.4 Å². The molecule has 0 heterocycles. The third-order valence-corrected chi connectivity index (χ3v) is 2.82. The van der Waals surface area contributed by atoms with Crippen molar-refractivity contribution in [2.24, 2.45) is 0 Å². The van der Waals surface area contributed by atoms with E-state index in [1.807, 2.05) is 0 Å². The molecule has 0 aliphatic carbocycles. The first-order valence-electron chi connectivity index (χ1n) is 6.54. The van der Waals surface area contributed by atoms with Gasteiger partial charge in [0.25, 0.3) is 0 Å². The van der Waals surface area contributed by atoms with Crippen molar-refractivity contribution in [2.45, 2.75) is 77.2 Å². The predicted molar refractivity (Wildman–Crippen MR) is 62.9 cm³/mol. The van der Waals surface area contributed by atoms with Crippen molar-refractivity contribution in [3.63, 3.8) is 0 Å². The van der Waals surface area contributed by atoms with Crippen LogP contribution in [0.3, 0.4) is 0 Å². The number of rotatable bonds is 11. The number of aliphatic hydroxyl groups excluding tert-OH is 1. The van der Waals surface area contributed by atoms with Crippen LogP contribution in [-0.4, -0.2) is 17.2 Å². The number of carbonyl (C=O) groups is 1. The van der Waals surface area contributed by atoms with Gasteiger partial charge >= 0.3 is 51.4 Å². The van der Waals surface area contributed by atoms with Crippen molar-refractivity contribution in [1.29, 1.82) is 0 Å². The van der Waals surface area contributed by atoms with Gasteiger partial charge in [0.2, 0.25) is 0 Å². The second-order valence-corrected chi connectivity index (χ2v) is 4.47. The number of carboxylic acid groups (broad SMARTS) is 1. The van der Waals surface area contributed by atoms with E-state index in [-0.39, 0.29) is 57.8 Å². The minimum atomic E-state index is -1.07. The fourth-order valence-corrected chi connectivity index (χ4v) is 1.77. The Hall–Kier alpha value is 1.07. The SMILES string of the molecule is CCCCCCCCCC(O)CCC(=O)[O-].[K+]. The quantitative estimate of drug-likeness (QED) is 0.387. The zero-order chi connectivity index (χ0) is 12.2. The smallest absolute Gasteiger partial charge is 0.550 e. The summed E-state index contributed by atoms with van der Waals surface area (Å²) in [6.45, 7) is 2.20. The van der Waals surface area contributed by atoms with E-state index in [0.717, 1.165) is 19.3 Å². The number of unbranched alkanes of at least 4 members (excludes halogenated alkanes) is 6. The zero-order valence-electron chi connectivity index (χ0n) is 11.4. The van der Waals surface area contributed by atoms with Gasteiger partial charge in [0.05, 0.1) is 6.10 Å². The molecule has 0 aromatic heterocycles. The van der Waals surface area contributed by atoms with Crippen LogP contribution in [0.4, 0.5) is 0 Å². The molecule has 0 aromatic carbocycles. The zero-order valence-corrected chi connectivity index (χ0v) is 14.5. The van der Waals surface area contributed by atoms with Crippen molar-refractivity contribution in [2.75, 3.05) is 0 Å². The second kappa shape index (κ2) is 15.1. The number of aliphatic carboxylic acids is 1. The molecule has 96 valence electrons. The molecule has 0 spiro atoms. The molecule has 1 N–H and O–H groups in total. The molecule has 17 heavy (non-hydrogen) atoms. The minimum Gasteiger partial charge on any atom is -0.550 e. The number of carboxylic acids is 1. The van der Waals surface area contributed by atoms with Gasteiger partial charge in [0, 0.05) is 5.97 Å². The molecule has 0 radical (unpaired) electrons. The predicted octanol–water partition coefficient (Wildman–Crippen LogP) is -0.978. The van der Waals surface area contributed by atoms with Gasteiger partial charge in [-0.15, -0.1) is 0 Å². The summed E-state index contributed by atoms with van der Waals surface area (Å²) in [5.74, 6) is -1.07. The summed E-state index contributed by atoms with van der Waals surface area (Å²) in [7, 11) is 0. The Bertz CT molecular complexity index is 174. The van der Waals surface area contributed by atoms with Crippen LogP contribution in [0.1, 0.15) is 71.1 Å². The third kappa shape index (κ3) is 17.1. The van der Waals surface area contributed by atoms with Crippen molar-refractivity contribution in [3.05, 3.63) is 0 Å². The monoisotopic (exact) mass is 268 g/mol. The van der Waals surface area contributed by atoms with Crippen molar-refractivity contribution in [1.82, 2.24) is 0 Å². The summed E-state index contributed by atoms with van der Waals surface area (Å²) in [4.78, 5) is 10.2. The van der Waals surface area contributed by atoms with Gasteiger partial charge in [-0.1, -0.05) is 51.9 Å². The van der Waals surface area contributed by atoms with Crippen LogP contribution in [0.15, 0.2) is 0 Å². The largest absolute Gasteiger partial charge is 1.00 e. The molecule has 4 heteroatoms. The summed E-state index contributed by atoms with van der Waals surface area (Å²) in [6.07, 6.45) is 9.10. The standard InChI is InChI=1S/C13H26O3.K/c1-2-3-4-5-6-7-8-9-12(14)10-11-13(15)16;/h12,14H,2-11H2,1H3,(H,15,16);/q;+1/p-1. The minimum absolute atomic E-state index is 0. The molecule has 0 aliphatic rings. The molecular weight excluding hydrogens is 243 g/mol. The van der Waals surface area contributed by atoms with Gasteiger partial charge in [0.15, 0.2) is 0 Å². The number of carbonyl (C=O) groups excluding carboxylic acids is 1. The molecule has 0 aliphatic heterocycles. The maximum absolute atomic E-state index is 10.2. The second-order valence-electron chi connectivity index (χ2n) is 4.47. The Balaban J connectivity index is 0. The van der Waals surface area contributed by atoms with Crippen LogP contribution in [0.2, 0.25) is 0 Å². The number of hydrogen-bond donors (Lipinski definition) is 1. The average molecular weight is 268 g/mol. The van der Waals surface area contributed by atoms with E-state index in [1.165, 1.54) is 32.1 Å². The Morgan fingerprint density at radius 2 is 1.59 bits per heavy atom. The normalized spacial score (nSPS) is 11.9. The fraction of sp³-hybridized carbons (Fsp3) is 0.923. The molecule has 0 rings (SSSR count). The summed E-state index contributed by atoms with van der Waals surface area (Å²) >= 11 is 0. The number of hydrogen-bond acceptors (Lipinski definition) is 3. The van der Waals surface area contributed by atoms with E-state index < -0.39 is 12.1 Å². The van der Waals surface area contributed by atoms with Gasteiger partial charge in [-0.2, -0.15) is 0 Å². The van der Waals surface area contributed by atoms with Crippen LogP contribution < -0.4 is 56.5 Å². The maximum atomic E-state index is 10.2. The first-order chi connectivity index (χ1) is 7.66. The van der Waals surface area contributed by atoms with E-state index >= 15 is 0 Å². The average Bonchev–Trinajstić information content (AvgIpc) is 2.25. The van der Waals surface area contributed by atoms with Crippen LogP contribution in [0.5, 0.6) is 0 Å². The third-order valence-electron chi connectivity index (χ3n) is 2.82. The molecule has 0 aromatic rings. The summed E-state index contributed by atoms with van der Waals surface area (Å²) in [5, 5.41) is 19.6. The van der Waals surface area contributed by atoms with Crippen molar-refractivity contribution >= 4 is 5.97 Å². The molecule has 0 amide bonds. The topological polar surface area (TPSA) is 60.4 Å². The van der Waals surface area contributed by atoms with Gasteiger partial charge in [-0.05, 0) is 19.3 Å². The van der Waals surface area contributed by atoms with E-state index in [2.05, 4.69) is 6.92 Å². The Morgan fingerprint density at radius 3 is 2.12 bits per heavy atom. The molecule has 3 nitrogen and oxygen atoms in total. The van der Waals surface area contributed by atoms with Crippen LogP contribution in [0.25, 0.3) is 0 Å². The molecule has 1 unspecified atom stereocenters. The van der Waals surface area contributed by atoms with E-state index in [9.17, 15) is 15.0 Å². The van der Waals surface area contributed by atoms with Crippen LogP contribution in [-0.2, 0) is 4.79 Å².